The third-order valence-electron chi connectivity index (χ3n) is 3.98. The van der Waals surface area contributed by atoms with Gasteiger partial charge in [0.05, 0.1) is 7.11 Å². The number of hydrogen-bond donors (Lipinski definition) is 0. The second-order valence-corrected chi connectivity index (χ2v) is 5.67. The zero-order chi connectivity index (χ0) is 17.1. The van der Waals surface area contributed by atoms with Gasteiger partial charge in [-0.2, -0.15) is 0 Å². The molecular weight excluding hydrogens is 314 g/mol. The van der Waals surface area contributed by atoms with Crippen LogP contribution in [0.2, 0.25) is 0 Å². The van der Waals surface area contributed by atoms with E-state index in [4.69, 9.17) is 13.9 Å². The fraction of sp³-hybridized carbons (Fsp3) is 0.0952. The van der Waals surface area contributed by atoms with Crippen molar-refractivity contribution in [1.82, 2.24) is 4.98 Å². The van der Waals surface area contributed by atoms with Gasteiger partial charge in [0, 0.05) is 5.56 Å². The van der Waals surface area contributed by atoms with E-state index in [1.807, 2.05) is 66.7 Å². The Morgan fingerprint density at radius 3 is 2.44 bits per heavy atom. The monoisotopic (exact) mass is 331 g/mol. The Hall–Kier alpha value is -3.27. The van der Waals surface area contributed by atoms with Gasteiger partial charge in [-0.3, -0.25) is 0 Å². The van der Waals surface area contributed by atoms with Crippen molar-refractivity contribution in [1.29, 1.82) is 0 Å². The van der Waals surface area contributed by atoms with Crippen molar-refractivity contribution >= 4 is 10.8 Å². The highest BCUT2D eigenvalue weighted by Crippen LogP contribution is 2.26. The van der Waals surface area contributed by atoms with E-state index in [-0.39, 0.29) is 0 Å². The number of oxazole rings is 1. The van der Waals surface area contributed by atoms with Crippen LogP contribution in [-0.2, 0) is 6.61 Å². The zero-order valence-electron chi connectivity index (χ0n) is 13.8. The number of rotatable bonds is 5. The van der Waals surface area contributed by atoms with Crippen molar-refractivity contribution in [3.05, 3.63) is 78.7 Å². The lowest BCUT2D eigenvalue weighted by Crippen LogP contribution is -1.95. The Labute approximate surface area is 145 Å². The average molecular weight is 331 g/mol. The third-order valence-corrected chi connectivity index (χ3v) is 3.98. The van der Waals surface area contributed by atoms with Crippen LogP contribution in [0.5, 0.6) is 11.5 Å². The molecule has 0 bridgehead atoms. The fourth-order valence-electron chi connectivity index (χ4n) is 2.66. The van der Waals surface area contributed by atoms with Gasteiger partial charge in [-0.15, -0.1) is 0 Å². The van der Waals surface area contributed by atoms with Gasteiger partial charge in [-0.05, 0) is 47.2 Å². The number of hydrogen-bond acceptors (Lipinski definition) is 4. The molecule has 1 heterocycles. The lowest BCUT2D eigenvalue weighted by Gasteiger charge is -2.07. The molecule has 4 aromatic rings. The number of ether oxygens (including phenoxy) is 2. The van der Waals surface area contributed by atoms with E-state index >= 15 is 0 Å². The summed E-state index contributed by atoms with van der Waals surface area (Å²) in [5.74, 6) is 2.21. The van der Waals surface area contributed by atoms with Crippen LogP contribution >= 0.6 is 0 Å². The van der Waals surface area contributed by atoms with Crippen molar-refractivity contribution in [3.8, 4) is 23.0 Å². The largest absolute Gasteiger partial charge is 0.497 e. The van der Waals surface area contributed by atoms with Gasteiger partial charge in [-0.1, -0.05) is 30.3 Å². The molecule has 0 aliphatic carbocycles. The second kappa shape index (κ2) is 6.69. The first kappa shape index (κ1) is 15.3. The van der Waals surface area contributed by atoms with Gasteiger partial charge in [0.2, 0.25) is 5.89 Å². The van der Waals surface area contributed by atoms with Gasteiger partial charge in [-0.25, -0.2) is 4.98 Å². The summed E-state index contributed by atoms with van der Waals surface area (Å²) in [4.78, 5) is 4.47. The number of fused-ring (bicyclic) bond motifs is 1. The van der Waals surface area contributed by atoms with Crippen LogP contribution in [0.25, 0.3) is 22.2 Å². The molecule has 3 aromatic carbocycles. The first-order chi connectivity index (χ1) is 12.3. The van der Waals surface area contributed by atoms with Crippen LogP contribution in [0.4, 0.5) is 0 Å². The molecule has 25 heavy (non-hydrogen) atoms. The molecule has 4 heteroatoms. The summed E-state index contributed by atoms with van der Waals surface area (Å²) in [6.45, 7) is 0.353. The molecular formula is C21H17NO3. The predicted molar refractivity (Wildman–Crippen MR) is 96.8 cm³/mol. The molecule has 0 saturated heterocycles. The maximum absolute atomic E-state index is 5.86. The molecule has 0 unspecified atom stereocenters. The SMILES string of the molecule is COc1ccc2ccc(OCc3coc(-c4ccccc4)n3)cc2c1. The molecule has 0 fully saturated rings. The molecule has 0 saturated carbocycles. The van der Waals surface area contributed by atoms with Gasteiger partial charge >= 0.3 is 0 Å². The summed E-state index contributed by atoms with van der Waals surface area (Å²) in [5.41, 5.74) is 1.70. The average Bonchev–Trinajstić information content (AvgIpc) is 3.15. The Kier molecular flexibility index (Phi) is 4.09. The van der Waals surface area contributed by atoms with Crippen molar-refractivity contribution in [2.24, 2.45) is 0 Å². The highest BCUT2D eigenvalue weighted by atomic mass is 16.5. The minimum absolute atomic E-state index is 0.353. The lowest BCUT2D eigenvalue weighted by molar-refractivity contribution is 0.301. The van der Waals surface area contributed by atoms with Crippen LogP contribution in [0.15, 0.2) is 77.4 Å². The Balaban J connectivity index is 1.49. The zero-order valence-corrected chi connectivity index (χ0v) is 13.8. The lowest BCUT2D eigenvalue weighted by atomic mass is 10.1. The maximum Gasteiger partial charge on any atom is 0.226 e. The second-order valence-electron chi connectivity index (χ2n) is 5.67. The number of benzene rings is 3. The molecule has 0 radical (unpaired) electrons. The smallest absolute Gasteiger partial charge is 0.226 e. The van der Waals surface area contributed by atoms with Crippen LogP contribution in [0, 0.1) is 0 Å². The minimum Gasteiger partial charge on any atom is -0.497 e. The molecule has 0 atom stereocenters. The standard InChI is InChI=1S/C21H17NO3/c1-23-19-9-7-15-8-10-20(12-17(15)11-19)24-13-18-14-25-21(22-18)16-5-3-2-4-6-16/h2-12,14H,13H2,1H3. The molecule has 0 aliphatic heterocycles. The van der Waals surface area contributed by atoms with Gasteiger partial charge < -0.3 is 13.9 Å². The van der Waals surface area contributed by atoms with Crippen LogP contribution in [0.1, 0.15) is 5.69 Å². The van der Waals surface area contributed by atoms with E-state index in [0.29, 0.717) is 12.5 Å². The van der Waals surface area contributed by atoms with Crippen LogP contribution in [0.3, 0.4) is 0 Å². The van der Waals surface area contributed by atoms with E-state index < -0.39 is 0 Å². The highest BCUT2D eigenvalue weighted by Gasteiger charge is 2.07. The van der Waals surface area contributed by atoms with Gasteiger partial charge in [0.15, 0.2) is 0 Å². The van der Waals surface area contributed by atoms with E-state index in [0.717, 1.165) is 33.5 Å². The minimum atomic E-state index is 0.353. The van der Waals surface area contributed by atoms with E-state index in [2.05, 4.69) is 4.98 Å². The van der Waals surface area contributed by atoms with Crippen molar-refractivity contribution < 1.29 is 13.9 Å². The molecule has 4 rings (SSSR count). The molecule has 0 amide bonds. The molecule has 0 aliphatic rings. The molecule has 4 nitrogen and oxygen atoms in total. The van der Waals surface area contributed by atoms with E-state index in [1.54, 1.807) is 13.4 Å². The first-order valence-corrected chi connectivity index (χ1v) is 8.02. The number of methoxy groups -OCH3 is 1. The quantitative estimate of drug-likeness (QED) is 0.511. The summed E-state index contributed by atoms with van der Waals surface area (Å²) in [6, 6.07) is 21.8. The summed E-state index contributed by atoms with van der Waals surface area (Å²) in [6.07, 6.45) is 1.63. The molecule has 124 valence electrons. The van der Waals surface area contributed by atoms with Crippen molar-refractivity contribution in [2.75, 3.05) is 7.11 Å². The maximum atomic E-state index is 5.86. The normalized spacial score (nSPS) is 10.8. The Bertz CT molecular complexity index is 992. The third kappa shape index (κ3) is 3.33. The number of aromatic nitrogens is 1. The molecule has 0 spiro atoms. The van der Waals surface area contributed by atoms with E-state index in [9.17, 15) is 0 Å². The Morgan fingerprint density at radius 1 is 0.880 bits per heavy atom. The molecule has 1 aromatic heterocycles. The van der Waals surface area contributed by atoms with Crippen molar-refractivity contribution in [3.63, 3.8) is 0 Å². The Morgan fingerprint density at radius 2 is 1.64 bits per heavy atom. The topological polar surface area (TPSA) is 44.5 Å². The van der Waals surface area contributed by atoms with E-state index in [1.165, 1.54) is 0 Å². The summed E-state index contributed by atoms with van der Waals surface area (Å²) >= 11 is 0. The van der Waals surface area contributed by atoms with Crippen LogP contribution in [-0.4, -0.2) is 12.1 Å². The fourth-order valence-corrected chi connectivity index (χ4v) is 2.66. The summed E-state index contributed by atoms with van der Waals surface area (Å²) < 4.78 is 16.7. The van der Waals surface area contributed by atoms with Crippen LogP contribution < -0.4 is 9.47 Å². The highest BCUT2D eigenvalue weighted by molar-refractivity contribution is 5.85. The first-order valence-electron chi connectivity index (χ1n) is 8.02. The summed E-state index contributed by atoms with van der Waals surface area (Å²) in [7, 11) is 1.66. The van der Waals surface area contributed by atoms with Gasteiger partial charge in [0.1, 0.15) is 30.1 Å². The number of nitrogens with zero attached hydrogens (tertiary/aromatic N) is 1. The summed E-state index contributed by atoms with van der Waals surface area (Å²) in [5, 5.41) is 2.21. The predicted octanol–water partition coefficient (Wildman–Crippen LogP) is 5.08. The molecule has 0 N–H and O–H groups in total. The van der Waals surface area contributed by atoms with Crippen molar-refractivity contribution in [2.45, 2.75) is 6.61 Å². The van der Waals surface area contributed by atoms with Gasteiger partial charge in [0.25, 0.3) is 0 Å².